The molecule has 0 radical (unpaired) electrons. The van der Waals surface area contributed by atoms with Crippen molar-refractivity contribution in [2.45, 2.75) is 6.42 Å². The summed E-state index contributed by atoms with van der Waals surface area (Å²) < 4.78 is 29.4. The van der Waals surface area contributed by atoms with Crippen molar-refractivity contribution in [1.82, 2.24) is 0 Å². The number of nitriles is 2. The average Bonchev–Trinajstić information content (AvgIpc) is 2.80. The SMILES string of the molecule is N#Cc1ccc(-c2ccc(Cc3ccc(-c4ccc(C#N)cc4)c(F)c3)cc2F)cc1. The van der Waals surface area contributed by atoms with Crippen LogP contribution in [0.4, 0.5) is 8.78 Å². The van der Waals surface area contributed by atoms with Crippen molar-refractivity contribution in [3.63, 3.8) is 0 Å². The largest absolute Gasteiger partial charge is 0.206 e. The number of hydrogen-bond acceptors (Lipinski definition) is 2. The van der Waals surface area contributed by atoms with E-state index in [2.05, 4.69) is 0 Å². The highest BCUT2D eigenvalue weighted by Gasteiger charge is 2.10. The first kappa shape index (κ1) is 20.0. The van der Waals surface area contributed by atoms with Gasteiger partial charge in [-0.25, -0.2) is 8.78 Å². The summed E-state index contributed by atoms with van der Waals surface area (Å²) in [6.07, 6.45) is 0.398. The summed E-state index contributed by atoms with van der Waals surface area (Å²) in [5, 5.41) is 17.8. The van der Waals surface area contributed by atoms with Gasteiger partial charge in [-0.15, -0.1) is 0 Å². The third kappa shape index (κ3) is 4.34. The Morgan fingerprint density at radius 3 is 1.26 bits per heavy atom. The van der Waals surface area contributed by atoms with Gasteiger partial charge in [0.1, 0.15) is 11.6 Å². The molecule has 0 amide bonds. The lowest BCUT2D eigenvalue weighted by Crippen LogP contribution is -1.94. The molecule has 0 fully saturated rings. The normalized spacial score (nSPS) is 10.3. The number of benzene rings is 4. The predicted octanol–water partition coefficient (Wildman–Crippen LogP) is 6.63. The molecule has 0 aromatic heterocycles. The Labute approximate surface area is 179 Å². The fourth-order valence-corrected chi connectivity index (χ4v) is 3.49. The molecule has 0 N–H and O–H groups in total. The standard InChI is InChI=1S/C27H16F2N2/c28-26-14-20(5-11-24(26)22-7-1-18(16-30)2-8-22)13-21-6-12-25(27(29)15-21)23-9-3-19(17-31)4-10-23/h1-12,14-15H,13H2. The Kier molecular flexibility index (Phi) is 5.56. The van der Waals surface area contributed by atoms with Gasteiger partial charge in [0.2, 0.25) is 0 Å². The van der Waals surface area contributed by atoms with Crippen LogP contribution in [0.15, 0.2) is 84.9 Å². The van der Waals surface area contributed by atoms with Crippen LogP contribution in [0.1, 0.15) is 22.3 Å². The molecule has 0 bridgehead atoms. The molecule has 0 atom stereocenters. The minimum Gasteiger partial charge on any atom is -0.206 e. The monoisotopic (exact) mass is 406 g/mol. The van der Waals surface area contributed by atoms with Crippen LogP contribution in [0.5, 0.6) is 0 Å². The van der Waals surface area contributed by atoms with E-state index in [1.807, 2.05) is 24.3 Å². The minimum absolute atomic E-state index is 0.364. The minimum atomic E-state index is -0.364. The Morgan fingerprint density at radius 1 is 0.548 bits per heavy atom. The summed E-state index contributed by atoms with van der Waals surface area (Å²) in [4.78, 5) is 0. The van der Waals surface area contributed by atoms with E-state index in [9.17, 15) is 8.78 Å². The van der Waals surface area contributed by atoms with E-state index in [0.29, 0.717) is 39.8 Å². The second-order valence-electron chi connectivity index (χ2n) is 7.18. The van der Waals surface area contributed by atoms with Gasteiger partial charge in [0, 0.05) is 11.1 Å². The molecule has 0 heterocycles. The molecule has 4 heteroatoms. The van der Waals surface area contributed by atoms with Gasteiger partial charge in [0.05, 0.1) is 23.3 Å². The summed E-state index contributed by atoms with van der Waals surface area (Å²) in [6.45, 7) is 0. The summed E-state index contributed by atoms with van der Waals surface area (Å²) in [7, 11) is 0. The van der Waals surface area contributed by atoms with Crippen molar-refractivity contribution in [3.05, 3.63) is 119 Å². The fourth-order valence-electron chi connectivity index (χ4n) is 3.49. The van der Waals surface area contributed by atoms with Crippen molar-refractivity contribution in [2.75, 3.05) is 0 Å². The maximum atomic E-state index is 14.7. The summed E-state index contributed by atoms with van der Waals surface area (Å²) in [5.74, 6) is -0.728. The van der Waals surface area contributed by atoms with Gasteiger partial charge in [0.15, 0.2) is 0 Å². The summed E-state index contributed by atoms with van der Waals surface area (Å²) in [5.41, 5.74) is 4.81. The van der Waals surface area contributed by atoms with E-state index < -0.39 is 0 Å². The average molecular weight is 406 g/mol. The Morgan fingerprint density at radius 2 is 0.935 bits per heavy atom. The number of hydrogen-bond donors (Lipinski definition) is 0. The Hall–Kier alpha value is -4.28. The van der Waals surface area contributed by atoms with Crippen molar-refractivity contribution in [1.29, 1.82) is 10.5 Å². The van der Waals surface area contributed by atoms with Crippen LogP contribution in [0.2, 0.25) is 0 Å². The molecule has 0 saturated heterocycles. The molecule has 0 aliphatic heterocycles. The highest BCUT2D eigenvalue weighted by Crippen LogP contribution is 2.27. The second-order valence-corrected chi connectivity index (χ2v) is 7.18. The van der Waals surface area contributed by atoms with Crippen LogP contribution in [0.3, 0.4) is 0 Å². The van der Waals surface area contributed by atoms with Crippen molar-refractivity contribution in [2.24, 2.45) is 0 Å². The third-order valence-corrected chi connectivity index (χ3v) is 5.13. The number of nitrogens with zero attached hydrogens (tertiary/aromatic N) is 2. The van der Waals surface area contributed by atoms with Gasteiger partial charge in [-0.2, -0.15) is 10.5 Å². The molecule has 0 saturated carbocycles. The molecule has 4 rings (SSSR count). The summed E-state index contributed by atoms with van der Waals surface area (Å²) in [6, 6.07) is 27.5. The van der Waals surface area contributed by atoms with Gasteiger partial charge >= 0.3 is 0 Å². The van der Waals surface area contributed by atoms with E-state index in [0.717, 1.165) is 11.1 Å². The lowest BCUT2D eigenvalue weighted by molar-refractivity contribution is 0.627. The molecule has 0 spiro atoms. The topological polar surface area (TPSA) is 47.6 Å². The van der Waals surface area contributed by atoms with E-state index >= 15 is 0 Å². The molecule has 0 unspecified atom stereocenters. The molecular formula is C27H16F2N2. The predicted molar refractivity (Wildman–Crippen MR) is 116 cm³/mol. The lowest BCUT2D eigenvalue weighted by Gasteiger charge is -2.09. The maximum Gasteiger partial charge on any atom is 0.131 e. The zero-order valence-corrected chi connectivity index (χ0v) is 16.4. The molecule has 4 aromatic carbocycles. The fraction of sp³-hybridized carbons (Fsp3) is 0.0370. The third-order valence-electron chi connectivity index (χ3n) is 5.13. The lowest BCUT2D eigenvalue weighted by atomic mass is 9.97. The van der Waals surface area contributed by atoms with Gasteiger partial charge in [0.25, 0.3) is 0 Å². The molecule has 4 aromatic rings. The first-order chi connectivity index (χ1) is 15.1. The highest BCUT2D eigenvalue weighted by atomic mass is 19.1. The zero-order chi connectivity index (χ0) is 21.8. The van der Waals surface area contributed by atoms with Crippen LogP contribution in [0.25, 0.3) is 22.3 Å². The van der Waals surface area contributed by atoms with Gasteiger partial charge in [-0.3, -0.25) is 0 Å². The second kappa shape index (κ2) is 8.61. The van der Waals surface area contributed by atoms with E-state index in [-0.39, 0.29) is 11.6 Å². The van der Waals surface area contributed by atoms with E-state index in [4.69, 9.17) is 10.5 Å². The quantitative estimate of drug-likeness (QED) is 0.382. The first-order valence-corrected chi connectivity index (χ1v) is 9.65. The van der Waals surface area contributed by atoms with E-state index in [1.165, 1.54) is 12.1 Å². The van der Waals surface area contributed by atoms with Crippen molar-refractivity contribution < 1.29 is 8.78 Å². The maximum absolute atomic E-state index is 14.7. The van der Waals surface area contributed by atoms with E-state index in [1.54, 1.807) is 60.7 Å². The van der Waals surface area contributed by atoms with Crippen molar-refractivity contribution in [3.8, 4) is 34.4 Å². The summed E-state index contributed by atoms with van der Waals surface area (Å²) >= 11 is 0. The van der Waals surface area contributed by atoms with Crippen LogP contribution < -0.4 is 0 Å². The molecular weight excluding hydrogens is 390 g/mol. The highest BCUT2D eigenvalue weighted by molar-refractivity contribution is 5.66. The van der Waals surface area contributed by atoms with Crippen LogP contribution in [-0.2, 0) is 6.42 Å². The molecule has 0 aliphatic rings. The molecule has 31 heavy (non-hydrogen) atoms. The van der Waals surface area contributed by atoms with Crippen LogP contribution in [0, 0.1) is 34.3 Å². The molecule has 0 aliphatic carbocycles. The van der Waals surface area contributed by atoms with Gasteiger partial charge < -0.3 is 0 Å². The first-order valence-electron chi connectivity index (χ1n) is 9.65. The molecule has 2 nitrogen and oxygen atoms in total. The van der Waals surface area contributed by atoms with Crippen LogP contribution in [-0.4, -0.2) is 0 Å². The Bertz CT molecular complexity index is 1220. The number of rotatable bonds is 4. The van der Waals surface area contributed by atoms with Crippen molar-refractivity contribution >= 4 is 0 Å². The van der Waals surface area contributed by atoms with Gasteiger partial charge in [-0.05, 0) is 65.1 Å². The van der Waals surface area contributed by atoms with Gasteiger partial charge in [-0.1, -0.05) is 48.5 Å². The smallest absolute Gasteiger partial charge is 0.131 e. The molecule has 148 valence electrons. The number of halogens is 2. The Balaban J connectivity index is 1.55. The van der Waals surface area contributed by atoms with Crippen LogP contribution >= 0.6 is 0 Å². The zero-order valence-electron chi connectivity index (χ0n) is 16.4.